The van der Waals surface area contributed by atoms with Gasteiger partial charge >= 0.3 is 0 Å². The van der Waals surface area contributed by atoms with Gasteiger partial charge in [0.05, 0.1) is 0 Å². The summed E-state index contributed by atoms with van der Waals surface area (Å²) in [5, 5.41) is 0. The van der Waals surface area contributed by atoms with Gasteiger partial charge in [-0.3, -0.25) is 4.90 Å². The van der Waals surface area contributed by atoms with Crippen molar-refractivity contribution in [1.82, 2.24) is 4.90 Å². The summed E-state index contributed by atoms with van der Waals surface area (Å²) in [5.41, 5.74) is 0. The lowest BCUT2D eigenvalue weighted by molar-refractivity contribution is -0.0565. The summed E-state index contributed by atoms with van der Waals surface area (Å²) in [6, 6.07) is 0.892. The number of hydrogen-bond acceptors (Lipinski definition) is 3. The molecule has 0 N–H and O–H groups in total. The lowest BCUT2D eigenvalue weighted by Crippen LogP contribution is -2.36. The molecule has 1 aliphatic heterocycles. The molecule has 3 heteroatoms. The quantitative estimate of drug-likeness (QED) is 0.688. The molecule has 0 unspecified atom stereocenters. The molecule has 1 fully saturated rings. The van der Waals surface area contributed by atoms with Gasteiger partial charge < -0.3 is 9.47 Å². The van der Waals surface area contributed by atoms with Gasteiger partial charge in [-0.1, -0.05) is 0 Å². The Morgan fingerprint density at radius 2 is 1.29 bits per heavy atom. The molecule has 1 aliphatic rings. The summed E-state index contributed by atoms with van der Waals surface area (Å²) in [4.78, 5) is 2.33. The molecule has 84 valence electrons. The molecule has 0 aliphatic carbocycles. The Morgan fingerprint density at radius 1 is 0.929 bits per heavy atom. The van der Waals surface area contributed by atoms with E-state index in [4.69, 9.17) is 9.47 Å². The Hall–Kier alpha value is -0.120. The first-order valence-corrected chi connectivity index (χ1v) is 5.58. The van der Waals surface area contributed by atoms with Crippen LogP contribution in [0.25, 0.3) is 0 Å². The molecule has 0 aromatic rings. The molecule has 0 radical (unpaired) electrons. The number of likely N-dealkylation sites (N-methyl/N-ethyl adjacent to an activating group) is 1. The number of nitrogens with zero attached hydrogens (tertiary/aromatic N) is 1. The van der Waals surface area contributed by atoms with E-state index < -0.39 is 0 Å². The maximum absolute atomic E-state index is 5.75. The van der Waals surface area contributed by atoms with Gasteiger partial charge in [-0.15, -0.1) is 0 Å². The van der Waals surface area contributed by atoms with Crippen LogP contribution in [0.1, 0.15) is 27.7 Å². The largest absolute Gasteiger partial charge is 0.374 e. The highest BCUT2D eigenvalue weighted by molar-refractivity contribution is 4.97. The lowest BCUT2D eigenvalue weighted by Gasteiger charge is -2.22. The Bertz CT molecular complexity index is 157. The third kappa shape index (κ3) is 2.10. The highest BCUT2D eigenvalue weighted by atomic mass is 16.5. The van der Waals surface area contributed by atoms with Crippen molar-refractivity contribution in [2.75, 3.05) is 20.3 Å². The average molecular weight is 201 g/mol. The van der Waals surface area contributed by atoms with Crippen LogP contribution in [-0.4, -0.2) is 49.5 Å². The molecule has 0 amide bonds. The summed E-state index contributed by atoms with van der Waals surface area (Å²) in [5.74, 6) is 0. The van der Waals surface area contributed by atoms with E-state index >= 15 is 0 Å². The highest BCUT2D eigenvalue weighted by Crippen LogP contribution is 2.27. The minimum absolute atomic E-state index is 0.222. The Morgan fingerprint density at radius 3 is 1.57 bits per heavy atom. The van der Waals surface area contributed by atoms with Gasteiger partial charge in [-0.2, -0.15) is 0 Å². The van der Waals surface area contributed by atoms with E-state index in [1.807, 2.05) is 13.8 Å². The van der Waals surface area contributed by atoms with Crippen LogP contribution in [0.2, 0.25) is 0 Å². The van der Waals surface area contributed by atoms with Crippen molar-refractivity contribution in [3.05, 3.63) is 0 Å². The summed E-state index contributed by atoms with van der Waals surface area (Å²) in [6.45, 7) is 10.0. The van der Waals surface area contributed by atoms with Crippen LogP contribution in [0.5, 0.6) is 0 Å². The second-order valence-electron chi connectivity index (χ2n) is 3.99. The van der Waals surface area contributed by atoms with E-state index in [9.17, 15) is 0 Å². The zero-order chi connectivity index (χ0) is 10.7. The monoisotopic (exact) mass is 201 g/mol. The van der Waals surface area contributed by atoms with Gasteiger partial charge in [-0.25, -0.2) is 0 Å². The van der Waals surface area contributed by atoms with E-state index in [0.717, 1.165) is 13.2 Å². The first kappa shape index (κ1) is 12.0. The predicted octanol–water partition coefficient (Wildman–Crippen LogP) is 1.52. The van der Waals surface area contributed by atoms with Crippen molar-refractivity contribution in [1.29, 1.82) is 0 Å². The molecular weight excluding hydrogens is 178 g/mol. The minimum Gasteiger partial charge on any atom is -0.374 e. The zero-order valence-corrected chi connectivity index (χ0v) is 9.99. The van der Waals surface area contributed by atoms with Crippen LogP contribution in [0.15, 0.2) is 0 Å². The molecule has 3 nitrogen and oxygen atoms in total. The molecule has 0 spiro atoms. The van der Waals surface area contributed by atoms with Crippen LogP contribution in [0, 0.1) is 0 Å². The van der Waals surface area contributed by atoms with Crippen LogP contribution < -0.4 is 0 Å². The van der Waals surface area contributed by atoms with Gasteiger partial charge in [0.1, 0.15) is 12.2 Å². The molecule has 1 saturated heterocycles. The topological polar surface area (TPSA) is 21.7 Å². The normalized spacial score (nSPS) is 39.2. The molecular formula is C11H23NO2. The Balaban J connectivity index is 2.67. The number of ether oxygens (including phenoxy) is 2. The van der Waals surface area contributed by atoms with E-state index in [1.165, 1.54) is 0 Å². The Labute approximate surface area is 87.4 Å². The number of hydrogen-bond donors (Lipinski definition) is 0. The third-order valence-corrected chi connectivity index (χ3v) is 3.28. The van der Waals surface area contributed by atoms with Crippen molar-refractivity contribution in [3.63, 3.8) is 0 Å². The molecule has 0 saturated carbocycles. The van der Waals surface area contributed by atoms with Crippen LogP contribution in [0.4, 0.5) is 0 Å². The highest BCUT2D eigenvalue weighted by Gasteiger charge is 2.43. The van der Waals surface area contributed by atoms with E-state index in [2.05, 4.69) is 25.8 Å². The molecule has 1 heterocycles. The van der Waals surface area contributed by atoms with Gasteiger partial charge in [0.25, 0.3) is 0 Å². The van der Waals surface area contributed by atoms with Gasteiger partial charge in [0.2, 0.25) is 0 Å². The van der Waals surface area contributed by atoms with Crippen LogP contribution in [-0.2, 0) is 9.47 Å². The zero-order valence-electron chi connectivity index (χ0n) is 9.99. The second-order valence-corrected chi connectivity index (χ2v) is 3.99. The first-order chi connectivity index (χ1) is 6.63. The minimum atomic E-state index is 0.222. The molecule has 0 aromatic heterocycles. The van der Waals surface area contributed by atoms with Crippen LogP contribution >= 0.6 is 0 Å². The standard InChI is InChI=1S/C11H23NO2/c1-6-13-10-8(3)12(5)9(4)11(10)14-7-2/h8-11H,6-7H2,1-5H3/t8-,9-,10+,11+/m1/s1. The first-order valence-electron chi connectivity index (χ1n) is 5.58. The summed E-state index contributed by atoms with van der Waals surface area (Å²) in [7, 11) is 2.14. The van der Waals surface area contributed by atoms with Crippen molar-refractivity contribution in [2.45, 2.75) is 52.0 Å². The number of likely N-dealkylation sites (tertiary alicyclic amines) is 1. The summed E-state index contributed by atoms with van der Waals surface area (Å²) < 4.78 is 11.5. The smallest absolute Gasteiger partial charge is 0.100 e. The fraction of sp³-hybridized carbons (Fsp3) is 1.00. The molecule has 14 heavy (non-hydrogen) atoms. The summed E-state index contributed by atoms with van der Waals surface area (Å²) >= 11 is 0. The van der Waals surface area contributed by atoms with Gasteiger partial charge in [0.15, 0.2) is 0 Å². The number of rotatable bonds is 4. The Kier molecular flexibility index (Phi) is 4.35. The third-order valence-electron chi connectivity index (χ3n) is 3.28. The van der Waals surface area contributed by atoms with E-state index in [-0.39, 0.29) is 12.2 Å². The van der Waals surface area contributed by atoms with Crippen molar-refractivity contribution < 1.29 is 9.47 Å². The van der Waals surface area contributed by atoms with Crippen LogP contribution in [0.3, 0.4) is 0 Å². The molecule has 4 atom stereocenters. The maximum atomic E-state index is 5.75. The van der Waals surface area contributed by atoms with E-state index in [1.54, 1.807) is 0 Å². The predicted molar refractivity (Wildman–Crippen MR) is 57.5 cm³/mol. The van der Waals surface area contributed by atoms with Gasteiger partial charge in [-0.05, 0) is 34.7 Å². The summed E-state index contributed by atoms with van der Waals surface area (Å²) in [6.07, 6.45) is 0.444. The lowest BCUT2D eigenvalue weighted by atomic mass is 10.1. The fourth-order valence-corrected chi connectivity index (χ4v) is 2.24. The maximum Gasteiger partial charge on any atom is 0.100 e. The van der Waals surface area contributed by atoms with Gasteiger partial charge in [0, 0.05) is 25.3 Å². The SMILES string of the molecule is CCO[C@@H]1[C@@H](OCC)[C@@H](C)N(C)[C@@H]1C. The molecule has 0 bridgehead atoms. The average Bonchev–Trinajstić information content (AvgIpc) is 2.36. The van der Waals surface area contributed by atoms with Crippen molar-refractivity contribution in [3.8, 4) is 0 Å². The fourth-order valence-electron chi connectivity index (χ4n) is 2.24. The second kappa shape index (κ2) is 5.10. The molecule has 0 aromatic carbocycles. The van der Waals surface area contributed by atoms with Crippen molar-refractivity contribution >= 4 is 0 Å². The van der Waals surface area contributed by atoms with E-state index in [0.29, 0.717) is 12.1 Å². The molecule has 1 rings (SSSR count). The van der Waals surface area contributed by atoms with Crippen molar-refractivity contribution in [2.24, 2.45) is 0 Å².